The van der Waals surface area contributed by atoms with Gasteiger partial charge in [-0.25, -0.2) is 0 Å². The Balaban J connectivity index is 2.63. The third kappa shape index (κ3) is 1.66. The zero-order valence-corrected chi connectivity index (χ0v) is 6.35. The second-order valence-corrected chi connectivity index (χ2v) is 3.63. The predicted octanol–water partition coefficient (Wildman–Crippen LogP) is -2.55. The number of hydrogen-bond donors (Lipinski definition) is 5. The van der Waals surface area contributed by atoms with E-state index in [1.165, 1.54) is 0 Å². The van der Waals surface area contributed by atoms with Crippen LogP contribution in [0.1, 0.15) is 0 Å². The minimum Gasteiger partial charge on any atom is -0.387 e. The quantitative estimate of drug-likeness (QED) is 0.283. The lowest BCUT2D eigenvalue weighted by molar-refractivity contribution is -0.114. The number of rotatable bonds is 0. The molecule has 0 aromatic carbocycles. The van der Waals surface area contributed by atoms with Crippen molar-refractivity contribution in [3.05, 3.63) is 0 Å². The minimum absolute atomic E-state index is 0.612. The summed E-state index contributed by atoms with van der Waals surface area (Å²) in [6, 6.07) is 0. The Morgan fingerprint density at radius 2 is 1.00 bits per heavy atom. The Kier molecular flexibility index (Phi) is 2.74. The largest absolute Gasteiger partial charge is 0.387 e. The number of aliphatic hydroxyl groups excluding tert-OH is 5. The normalized spacial score (nSPS) is 52.6. The van der Waals surface area contributed by atoms with Crippen molar-refractivity contribution in [2.45, 2.75) is 29.2 Å². The topological polar surface area (TPSA) is 101 Å². The first-order valence-electron chi connectivity index (χ1n) is 3.10. The molecule has 6 heteroatoms. The summed E-state index contributed by atoms with van der Waals surface area (Å²) in [5.41, 5.74) is -2.49. The van der Waals surface area contributed by atoms with Crippen LogP contribution in [-0.4, -0.2) is 54.7 Å². The van der Waals surface area contributed by atoms with Gasteiger partial charge in [0, 0.05) is 0 Å². The Labute approximate surface area is 67.3 Å². The highest BCUT2D eigenvalue weighted by atomic mass is 32.2. The highest BCUT2D eigenvalue weighted by Gasteiger charge is 2.41. The standard InChI is InChI=1S/C5H10O5S/c6-1-2(7)4(9)11-5(10)3(1)8/h1-10H. The monoisotopic (exact) mass is 182 g/mol. The molecule has 66 valence electrons. The van der Waals surface area contributed by atoms with Gasteiger partial charge in [0.1, 0.15) is 29.2 Å². The van der Waals surface area contributed by atoms with E-state index in [0.29, 0.717) is 11.8 Å². The third-order valence-corrected chi connectivity index (χ3v) is 2.68. The minimum atomic E-state index is -1.48. The van der Waals surface area contributed by atoms with Crippen LogP contribution < -0.4 is 0 Å². The molecule has 0 aromatic heterocycles. The van der Waals surface area contributed by atoms with Crippen molar-refractivity contribution in [2.24, 2.45) is 0 Å². The molecule has 0 aromatic rings. The van der Waals surface area contributed by atoms with Gasteiger partial charge in [0.2, 0.25) is 0 Å². The van der Waals surface area contributed by atoms with Gasteiger partial charge in [-0.3, -0.25) is 0 Å². The second-order valence-electron chi connectivity index (χ2n) is 2.39. The van der Waals surface area contributed by atoms with Gasteiger partial charge in [-0.05, 0) is 0 Å². The van der Waals surface area contributed by atoms with Crippen molar-refractivity contribution in [1.29, 1.82) is 0 Å². The zero-order chi connectivity index (χ0) is 8.59. The van der Waals surface area contributed by atoms with Crippen LogP contribution in [0.2, 0.25) is 0 Å². The van der Waals surface area contributed by atoms with Crippen molar-refractivity contribution in [2.75, 3.05) is 0 Å². The van der Waals surface area contributed by atoms with E-state index in [1.54, 1.807) is 0 Å². The first kappa shape index (κ1) is 9.24. The Bertz CT molecular complexity index is 129. The Morgan fingerprint density at radius 1 is 0.636 bits per heavy atom. The van der Waals surface area contributed by atoms with Crippen LogP contribution in [0.3, 0.4) is 0 Å². The number of aliphatic hydroxyl groups is 5. The summed E-state index contributed by atoms with van der Waals surface area (Å²) in [5, 5.41) is 44.7. The summed E-state index contributed by atoms with van der Waals surface area (Å²) in [7, 11) is 0. The molecule has 0 spiro atoms. The molecule has 1 rings (SSSR count). The van der Waals surface area contributed by atoms with E-state index < -0.39 is 29.2 Å². The van der Waals surface area contributed by atoms with Gasteiger partial charge >= 0.3 is 0 Å². The smallest absolute Gasteiger partial charge is 0.130 e. The van der Waals surface area contributed by atoms with Crippen molar-refractivity contribution < 1.29 is 25.5 Å². The molecule has 0 aliphatic carbocycles. The van der Waals surface area contributed by atoms with Crippen molar-refractivity contribution >= 4 is 11.8 Å². The highest BCUT2D eigenvalue weighted by Crippen LogP contribution is 2.29. The molecule has 11 heavy (non-hydrogen) atoms. The van der Waals surface area contributed by atoms with E-state index in [1.807, 2.05) is 0 Å². The first-order chi connectivity index (χ1) is 5.04. The van der Waals surface area contributed by atoms with E-state index in [2.05, 4.69) is 0 Å². The maximum Gasteiger partial charge on any atom is 0.130 e. The Morgan fingerprint density at radius 3 is 1.36 bits per heavy atom. The molecule has 0 amide bonds. The first-order valence-corrected chi connectivity index (χ1v) is 4.04. The molecule has 0 bridgehead atoms. The molecular formula is C5H10O5S. The summed E-state index contributed by atoms with van der Waals surface area (Å²) in [6.45, 7) is 0. The molecule has 0 radical (unpaired) electrons. The molecule has 1 aliphatic rings. The van der Waals surface area contributed by atoms with E-state index in [9.17, 15) is 0 Å². The highest BCUT2D eigenvalue weighted by molar-refractivity contribution is 8.00. The van der Waals surface area contributed by atoms with Crippen LogP contribution in [0.15, 0.2) is 0 Å². The summed E-state index contributed by atoms with van der Waals surface area (Å²) in [6.07, 6.45) is -4.29. The lowest BCUT2D eigenvalue weighted by Gasteiger charge is -2.34. The van der Waals surface area contributed by atoms with E-state index in [4.69, 9.17) is 25.5 Å². The van der Waals surface area contributed by atoms with Crippen molar-refractivity contribution in [3.8, 4) is 0 Å². The molecule has 4 atom stereocenters. The van der Waals surface area contributed by atoms with E-state index >= 15 is 0 Å². The molecule has 1 saturated heterocycles. The molecule has 0 saturated carbocycles. The SMILES string of the molecule is OC1SC(O)C(O)C(O)C1O. The summed E-state index contributed by atoms with van der Waals surface area (Å²) < 4.78 is 0. The average molecular weight is 182 g/mol. The fraction of sp³-hybridized carbons (Fsp3) is 1.00. The summed E-state index contributed by atoms with van der Waals surface area (Å²) >= 11 is 0.612. The average Bonchev–Trinajstić information content (AvgIpc) is 1.97. The predicted molar refractivity (Wildman–Crippen MR) is 37.6 cm³/mol. The molecule has 5 N–H and O–H groups in total. The van der Waals surface area contributed by atoms with Gasteiger partial charge in [0.05, 0.1) is 0 Å². The second kappa shape index (κ2) is 3.26. The van der Waals surface area contributed by atoms with Gasteiger partial charge < -0.3 is 25.5 Å². The maximum atomic E-state index is 8.95. The van der Waals surface area contributed by atoms with Gasteiger partial charge in [-0.15, -0.1) is 0 Å². The van der Waals surface area contributed by atoms with Gasteiger partial charge in [0.25, 0.3) is 0 Å². The maximum absolute atomic E-state index is 8.95. The molecule has 1 heterocycles. The lowest BCUT2D eigenvalue weighted by Crippen LogP contribution is -2.52. The molecule has 1 aliphatic heterocycles. The van der Waals surface area contributed by atoms with Crippen LogP contribution in [0.4, 0.5) is 0 Å². The fourth-order valence-electron chi connectivity index (χ4n) is 0.843. The van der Waals surface area contributed by atoms with E-state index in [-0.39, 0.29) is 0 Å². The van der Waals surface area contributed by atoms with Crippen LogP contribution in [0.5, 0.6) is 0 Å². The van der Waals surface area contributed by atoms with Gasteiger partial charge in [-0.1, -0.05) is 11.8 Å². The van der Waals surface area contributed by atoms with Crippen molar-refractivity contribution in [3.63, 3.8) is 0 Å². The number of hydrogen-bond acceptors (Lipinski definition) is 6. The third-order valence-electron chi connectivity index (χ3n) is 1.56. The van der Waals surface area contributed by atoms with Crippen LogP contribution >= 0.6 is 11.8 Å². The van der Waals surface area contributed by atoms with Crippen LogP contribution in [-0.2, 0) is 0 Å². The Hall–Kier alpha value is 0.150. The fourth-order valence-corrected chi connectivity index (χ4v) is 1.77. The molecular weight excluding hydrogens is 172 g/mol. The molecule has 4 unspecified atom stereocenters. The van der Waals surface area contributed by atoms with Gasteiger partial charge in [-0.2, -0.15) is 0 Å². The zero-order valence-electron chi connectivity index (χ0n) is 5.53. The molecule has 1 fully saturated rings. The molecule has 5 nitrogen and oxygen atoms in total. The number of thioether (sulfide) groups is 1. The summed E-state index contributed by atoms with van der Waals surface area (Å²) in [4.78, 5) is 0. The van der Waals surface area contributed by atoms with Crippen LogP contribution in [0, 0.1) is 0 Å². The lowest BCUT2D eigenvalue weighted by atomic mass is 10.1. The summed E-state index contributed by atoms with van der Waals surface area (Å²) in [5.74, 6) is 0. The van der Waals surface area contributed by atoms with Crippen molar-refractivity contribution in [1.82, 2.24) is 0 Å². The van der Waals surface area contributed by atoms with Crippen LogP contribution in [0.25, 0.3) is 0 Å². The van der Waals surface area contributed by atoms with E-state index in [0.717, 1.165) is 0 Å². The van der Waals surface area contributed by atoms with Gasteiger partial charge in [0.15, 0.2) is 0 Å².